The second kappa shape index (κ2) is 60.3. The van der Waals surface area contributed by atoms with Crippen molar-refractivity contribution >= 4 is 13.7 Å². The van der Waals surface area contributed by atoms with Crippen LogP contribution in [0.15, 0.2) is 85.1 Å². The molecule has 0 heterocycles. The standard InChI is InChI=1S/C70H129N2O6P/c1-6-8-10-12-14-16-18-20-22-24-26-28-30-32-34-35-36-38-39-41-43-45-47-49-51-53-55-57-59-61-63-69(73)68(67-78-79(75,76)77-66-65-72(3,4)5)71-70(74)64-62-60-58-56-54-52-50-48-46-44-42-40-37-33-31-29-27-25-23-21-19-17-15-13-11-9-7-2/h9,11,15,17,21,23,27,29,33,37,53,55,61,63,68-69,73H,6-8,10,12-14,16,18-20,22,24-26,28,30-32,34-36,38-52,54,56-60,62,64-67H2,1-5H3,(H-,71,74,75,76)/b11-9-,17-15-,23-21-,29-27-,37-33-,55-53+,63-61+. The molecule has 3 unspecified atom stereocenters. The maximum absolute atomic E-state index is 13.0. The van der Waals surface area contributed by atoms with Gasteiger partial charge in [-0.3, -0.25) is 9.36 Å². The summed E-state index contributed by atoms with van der Waals surface area (Å²) in [6, 6.07) is -0.912. The highest BCUT2D eigenvalue weighted by Crippen LogP contribution is 2.38. The number of nitrogens with zero attached hydrogens (tertiary/aromatic N) is 1. The number of aliphatic hydroxyl groups is 1. The lowest BCUT2D eigenvalue weighted by atomic mass is 10.0. The Labute approximate surface area is 490 Å². The zero-order chi connectivity index (χ0) is 57.7. The zero-order valence-corrected chi connectivity index (χ0v) is 53.5. The van der Waals surface area contributed by atoms with Crippen molar-refractivity contribution in [1.29, 1.82) is 0 Å². The highest BCUT2D eigenvalue weighted by atomic mass is 31.2. The molecule has 0 saturated heterocycles. The van der Waals surface area contributed by atoms with Crippen molar-refractivity contribution in [3.05, 3.63) is 85.1 Å². The molecule has 0 aliphatic carbocycles. The monoisotopic (exact) mass is 1120 g/mol. The number of amides is 1. The van der Waals surface area contributed by atoms with Crippen molar-refractivity contribution in [2.75, 3.05) is 40.9 Å². The predicted octanol–water partition coefficient (Wildman–Crippen LogP) is 20.5. The van der Waals surface area contributed by atoms with Gasteiger partial charge in [-0.05, 0) is 77.0 Å². The van der Waals surface area contributed by atoms with E-state index in [9.17, 15) is 19.4 Å². The van der Waals surface area contributed by atoms with Gasteiger partial charge < -0.3 is 28.8 Å². The van der Waals surface area contributed by atoms with Gasteiger partial charge in [0.2, 0.25) is 5.91 Å². The first-order valence-electron chi connectivity index (χ1n) is 33.4. The fraction of sp³-hybridized carbons (Fsp3) is 0.786. The van der Waals surface area contributed by atoms with Gasteiger partial charge in [-0.25, -0.2) is 0 Å². The van der Waals surface area contributed by atoms with Crippen LogP contribution in [0.3, 0.4) is 0 Å². The summed E-state index contributed by atoms with van der Waals surface area (Å²) in [4.78, 5) is 25.6. The summed E-state index contributed by atoms with van der Waals surface area (Å²) in [6.07, 6.45) is 85.5. The number of hydrogen-bond donors (Lipinski definition) is 2. The van der Waals surface area contributed by atoms with Crippen molar-refractivity contribution < 1.29 is 32.9 Å². The van der Waals surface area contributed by atoms with E-state index in [1.54, 1.807) is 6.08 Å². The van der Waals surface area contributed by atoms with E-state index in [-0.39, 0.29) is 12.5 Å². The minimum absolute atomic E-state index is 0.00999. The summed E-state index contributed by atoms with van der Waals surface area (Å²) in [6.45, 7) is 4.54. The maximum Gasteiger partial charge on any atom is 0.268 e. The third-order valence-corrected chi connectivity index (χ3v) is 15.8. The molecule has 9 heteroatoms. The average molecular weight is 1130 g/mol. The van der Waals surface area contributed by atoms with Crippen LogP contribution >= 0.6 is 7.82 Å². The number of carbonyl (C=O) groups excluding carboxylic acids is 1. The van der Waals surface area contributed by atoms with Crippen LogP contribution in [-0.2, 0) is 18.4 Å². The molecule has 0 aliphatic heterocycles. The van der Waals surface area contributed by atoms with Crippen LogP contribution in [0.4, 0.5) is 0 Å². The molecule has 0 aromatic heterocycles. The van der Waals surface area contributed by atoms with Gasteiger partial charge in [-0.2, -0.15) is 0 Å². The number of aliphatic hydroxyl groups excluding tert-OH is 1. The van der Waals surface area contributed by atoms with Crippen LogP contribution in [-0.4, -0.2) is 68.5 Å². The Kier molecular flexibility index (Phi) is 58.5. The van der Waals surface area contributed by atoms with Crippen LogP contribution in [0.2, 0.25) is 0 Å². The molecule has 79 heavy (non-hydrogen) atoms. The predicted molar refractivity (Wildman–Crippen MR) is 343 cm³/mol. The Morgan fingerprint density at radius 1 is 0.456 bits per heavy atom. The van der Waals surface area contributed by atoms with Crippen molar-refractivity contribution in [2.45, 2.75) is 315 Å². The molecule has 8 nitrogen and oxygen atoms in total. The van der Waals surface area contributed by atoms with E-state index < -0.39 is 26.6 Å². The molecule has 0 aromatic rings. The number of carbonyl (C=O) groups is 1. The molecule has 0 rings (SSSR count). The molecule has 3 atom stereocenters. The fourth-order valence-corrected chi connectivity index (χ4v) is 10.4. The molecule has 0 spiro atoms. The molecule has 460 valence electrons. The van der Waals surface area contributed by atoms with Crippen LogP contribution in [0.5, 0.6) is 0 Å². The second-order valence-electron chi connectivity index (χ2n) is 23.8. The quantitative estimate of drug-likeness (QED) is 0.0272. The molecule has 0 aliphatic rings. The minimum atomic E-state index is -4.62. The first kappa shape index (κ1) is 76.7. The fourth-order valence-electron chi connectivity index (χ4n) is 9.67. The second-order valence-corrected chi connectivity index (χ2v) is 25.2. The number of rotatable bonds is 61. The van der Waals surface area contributed by atoms with Crippen molar-refractivity contribution in [2.24, 2.45) is 0 Å². The SMILES string of the molecule is CC/C=C\C/C=C\C/C=C\C/C=C\C/C=C\CCCCCCCCCCCCCC(=O)NC(COP(=O)([O-])OCC[N+](C)(C)C)C(O)/C=C/CC/C=C/CCCCCCCCCCCCCCCCCCCCCCCCCC. The van der Waals surface area contributed by atoms with E-state index in [0.717, 1.165) is 70.6 Å². The third kappa shape index (κ3) is 63.1. The summed E-state index contributed by atoms with van der Waals surface area (Å²) >= 11 is 0. The number of nitrogens with one attached hydrogen (secondary N) is 1. The number of likely N-dealkylation sites (N-methyl/N-ethyl adjacent to an activating group) is 1. The van der Waals surface area contributed by atoms with E-state index >= 15 is 0 Å². The Morgan fingerprint density at radius 3 is 1.18 bits per heavy atom. The van der Waals surface area contributed by atoms with Crippen molar-refractivity contribution in [1.82, 2.24) is 5.32 Å². The lowest BCUT2D eigenvalue weighted by Crippen LogP contribution is -2.45. The van der Waals surface area contributed by atoms with Crippen molar-refractivity contribution in [3.63, 3.8) is 0 Å². The largest absolute Gasteiger partial charge is 0.756 e. The summed E-state index contributed by atoms with van der Waals surface area (Å²) in [5.74, 6) is -0.210. The van der Waals surface area contributed by atoms with Gasteiger partial charge in [0.15, 0.2) is 0 Å². The van der Waals surface area contributed by atoms with Crippen LogP contribution in [0.25, 0.3) is 0 Å². The number of quaternary nitrogens is 1. The molecular weight excluding hydrogens is 996 g/mol. The van der Waals surface area contributed by atoms with E-state index in [1.807, 2.05) is 27.2 Å². The molecule has 0 radical (unpaired) electrons. The highest BCUT2D eigenvalue weighted by Gasteiger charge is 2.23. The molecule has 0 fully saturated rings. The highest BCUT2D eigenvalue weighted by molar-refractivity contribution is 7.45. The third-order valence-electron chi connectivity index (χ3n) is 14.8. The lowest BCUT2D eigenvalue weighted by molar-refractivity contribution is -0.870. The Bertz CT molecular complexity index is 1560. The molecule has 1 amide bonds. The first-order chi connectivity index (χ1) is 38.5. The topological polar surface area (TPSA) is 108 Å². The number of unbranched alkanes of at least 4 members (excludes halogenated alkanes) is 36. The van der Waals surface area contributed by atoms with Gasteiger partial charge >= 0.3 is 0 Å². The number of phosphoric acid groups is 1. The van der Waals surface area contributed by atoms with Crippen LogP contribution in [0, 0.1) is 0 Å². The maximum atomic E-state index is 13.0. The molecule has 0 bridgehead atoms. The lowest BCUT2D eigenvalue weighted by Gasteiger charge is -2.29. The van der Waals surface area contributed by atoms with Crippen LogP contribution in [0.1, 0.15) is 303 Å². The van der Waals surface area contributed by atoms with E-state index in [0.29, 0.717) is 17.4 Å². The van der Waals surface area contributed by atoms with E-state index in [1.165, 1.54) is 212 Å². The Hall–Kier alpha value is -2.32. The summed E-state index contributed by atoms with van der Waals surface area (Å²) in [7, 11) is 1.24. The number of phosphoric ester groups is 1. The minimum Gasteiger partial charge on any atom is -0.756 e. The Morgan fingerprint density at radius 2 is 0.785 bits per heavy atom. The molecular formula is C70H129N2O6P. The number of hydrogen-bond acceptors (Lipinski definition) is 6. The van der Waals surface area contributed by atoms with E-state index in [2.05, 4.69) is 92.1 Å². The molecule has 0 aromatic carbocycles. The molecule has 0 saturated carbocycles. The van der Waals surface area contributed by atoms with Gasteiger partial charge in [-0.1, -0.05) is 304 Å². The van der Waals surface area contributed by atoms with E-state index in [4.69, 9.17) is 9.05 Å². The van der Waals surface area contributed by atoms with Gasteiger partial charge in [0.25, 0.3) is 7.82 Å². The normalized spacial score (nSPS) is 14.3. The average Bonchev–Trinajstić information content (AvgIpc) is 3.42. The molecule has 2 N–H and O–H groups in total. The van der Waals surface area contributed by atoms with Crippen molar-refractivity contribution in [3.8, 4) is 0 Å². The smallest absolute Gasteiger partial charge is 0.268 e. The zero-order valence-electron chi connectivity index (χ0n) is 52.6. The van der Waals surface area contributed by atoms with Crippen LogP contribution < -0.4 is 10.2 Å². The van der Waals surface area contributed by atoms with Gasteiger partial charge in [0, 0.05) is 6.42 Å². The van der Waals surface area contributed by atoms with Gasteiger partial charge in [0.1, 0.15) is 13.2 Å². The number of allylic oxidation sites excluding steroid dienone is 13. The first-order valence-corrected chi connectivity index (χ1v) is 34.9. The van der Waals surface area contributed by atoms with Gasteiger partial charge in [0.05, 0.1) is 39.9 Å². The Balaban J connectivity index is 4.16. The summed E-state index contributed by atoms with van der Waals surface area (Å²) in [5, 5.41) is 13.9. The summed E-state index contributed by atoms with van der Waals surface area (Å²) < 4.78 is 23.4. The van der Waals surface area contributed by atoms with Gasteiger partial charge in [-0.15, -0.1) is 0 Å². The summed E-state index contributed by atoms with van der Waals surface area (Å²) in [5.41, 5.74) is 0.